The van der Waals surface area contributed by atoms with Gasteiger partial charge in [-0.2, -0.15) is 5.10 Å². The van der Waals surface area contributed by atoms with Crippen molar-refractivity contribution in [2.24, 2.45) is 0 Å². The predicted molar refractivity (Wildman–Crippen MR) is 132 cm³/mol. The number of benzene rings is 2. The molecule has 0 saturated heterocycles. The first kappa shape index (κ1) is 24.1. The fraction of sp³-hybridized carbons (Fsp3) is 0.385. The zero-order valence-electron chi connectivity index (χ0n) is 19.7. The first-order valence-electron chi connectivity index (χ1n) is 11.6. The Hall–Kier alpha value is -3.03. The lowest BCUT2D eigenvalue weighted by Crippen LogP contribution is -2.31. The molecule has 0 spiro atoms. The summed E-state index contributed by atoms with van der Waals surface area (Å²) in [6.45, 7) is 7.73. The second-order valence-electron chi connectivity index (χ2n) is 8.62. The number of fused-ring (bicyclic) bond motifs is 1. The fourth-order valence-electron chi connectivity index (χ4n) is 4.23. The van der Waals surface area contributed by atoms with Crippen LogP contribution in [0.25, 0.3) is 11.3 Å². The highest BCUT2D eigenvalue weighted by molar-refractivity contribution is 6.31. The molecule has 1 aromatic heterocycles. The maximum absolute atomic E-state index is 13.5. The van der Waals surface area contributed by atoms with Gasteiger partial charge in [0.25, 0.3) is 5.91 Å². The summed E-state index contributed by atoms with van der Waals surface area (Å²) >= 11 is 6.22. The number of carbonyl (C=O) groups is 1. The van der Waals surface area contributed by atoms with Crippen molar-refractivity contribution in [2.75, 3.05) is 19.8 Å². The molecular formula is C26H30ClN3O4. The second kappa shape index (κ2) is 10.5. The van der Waals surface area contributed by atoms with Gasteiger partial charge in [0.1, 0.15) is 22.9 Å². The smallest absolute Gasteiger partial charge is 0.273 e. The molecular weight excluding hydrogens is 454 g/mol. The molecule has 1 aliphatic heterocycles. The van der Waals surface area contributed by atoms with Gasteiger partial charge >= 0.3 is 0 Å². The summed E-state index contributed by atoms with van der Waals surface area (Å²) in [7, 11) is 0. The molecule has 0 bridgehead atoms. The molecule has 0 fully saturated rings. The number of amides is 1. The zero-order valence-corrected chi connectivity index (χ0v) is 20.4. The highest BCUT2D eigenvalue weighted by Gasteiger charge is 2.42. The van der Waals surface area contributed by atoms with Gasteiger partial charge in [0.05, 0.1) is 18.8 Å². The van der Waals surface area contributed by atoms with Crippen LogP contribution < -0.4 is 4.74 Å². The van der Waals surface area contributed by atoms with E-state index in [1.807, 2.05) is 43.0 Å². The van der Waals surface area contributed by atoms with E-state index in [4.69, 9.17) is 21.1 Å². The largest absolute Gasteiger partial charge is 0.507 e. The van der Waals surface area contributed by atoms with E-state index in [0.29, 0.717) is 48.2 Å². The monoisotopic (exact) mass is 483 g/mol. The van der Waals surface area contributed by atoms with E-state index in [1.165, 1.54) is 6.07 Å². The molecule has 4 rings (SSSR count). The maximum Gasteiger partial charge on any atom is 0.273 e. The molecule has 180 valence electrons. The van der Waals surface area contributed by atoms with Crippen molar-refractivity contribution in [1.82, 2.24) is 15.1 Å². The normalized spacial score (nSPS) is 15.3. The Morgan fingerprint density at radius 3 is 2.79 bits per heavy atom. The molecule has 1 unspecified atom stereocenters. The lowest BCUT2D eigenvalue weighted by molar-refractivity contribution is 0.0601. The molecule has 1 amide bonds. The highest BCUT2D eigenvalue weighted by atomic mass is 35.5. The van der Waals surface area contributed by atoms with Crippen LogP contribution in [0.2, 0.25) is 5.02 Å². The van der Waals surface area contributed by atoms with Gasteiger partial charge in [0, 0.05) is 29.3 Å². The predicted octanol–water partition coefficient (Wildman–Crippen LogP) is 5.58. The van der Waals surface area contributed by atoms with Gasteiger partial charge in [-0.1, -0.05) is 30.7 Å². The van der Waals surface area contributed by atoms with E-state index < -0.39 is 0 Å². The minimum atomic E-state index is -0.390. The average Bonchev–Trinajstić information content (AvgIpc) is 3.36. The van der Waals surface area contributed by atoms with Gasteiger partial charge in [0.2, 0.25) is 0 Å². The van der Waals surface area contributed by atoms with Crippen LogP contribution in [-0.2, 0) is 4.74 Å². The minimum absolute atomic E-state index is 0.0497. The lowest BCUT2D eigenvalue weighted by atomic mass is 9.95. The molecule has 8 heteroatoms. The van der Waals surface area contributed by atoms with Gasteiger partial charge in [-0.25, -0.2) is 0 Å². The first-order valence-corrected chi connectivity index (χ1v) is 12.0. The van der Waals surface area contributed by atoms with E-state index in [1.54, 1.807) is 12.1 Å². The topological polar surface area (TPSA) is 87.7 Å². The number of aromatic hydroxyl groups is 1. The van der Waals surface area contributed by atoms with Crippen LogP contribution in [0.1, 0.15) is 61.3 Å². The van der Waals surface area contributed by atoms with Crippen molar-refractivity contribution in [1.29, 1.82) is 0 Å². The number of phenolic OH excluding ortho intramolecular Hbond substituents is 1. The highest BCUT2D eigenvalue weighted by Crippen LogP contribution is 2.45. The van der Waals surface area contributed by atoms with Crippen LogP contribution in [-0.4, -0.2) is 52.0 Å². The van der Waals surface area contributed by atoms with Crippen LogP contribution in [0.4, 0.5) is 0 Å². The Labute approximate surface area is 204 Å². The number of H-pyrrole nitrogens is 1. The summed E-state index contributed by atoms with van der Waals surface area (Å²) in [5.41, 5.74) is 3.04. The molecule has 3 aromatic rings. The van der Waals surface area contributed by atoms with E-state index in [2.05, 4.69) is 17.1 Å². The summed E-state index contributed by atoms with van der Waals surface area (Å²) < 4.78 is 11.6. The summed E-state index contributed by atoms with van der Waals surface area (Å²) in [6, 6.07) is 12.2. The third-order valence-corrected chi connectivity index (χ3v) is 5.95. The number of rotatable bonds is 10. The molecule has 2 N–H and O–H groups in total. The van der Waals surface area contributed by atoms with Crippen LogP contribution >= 0.6 is 11.6 Å². The van der Waals surface area contributed by atoms with Crippen LogP contribution in [0.3, 0.4) is 0 Å². The Bertz CT molecular complexity index is 1160. The second-order valence-corrected chi connectivity index (χ2v) is 9.05. The van der Waals surface area contributed by atoms with E-state index in [0.717, 1.165) is 23.3 Å². The number of nitrogens with zero attached hydrogens (tertiary/aromatic N) is 2. The summed E-state index contributed by atoms with van der Waals surface area (Å²) in [5, 5.41) is 18.3. The van der Waals surface area contributed by atoms with Crippen molar-refractivity contribution < 1.29 is 19.4 Å². The Morgan fingerprint density at radius 1 is 1.21 bits per heavy atom. The third kappa shape index (κ3) is 4.91. The molecule has 1 atom stereocenters. The molecule has 0 saturated carbocycles. The van der Waals surface area contributed by atoms with E-state index in [9.17, 15) is 9.90 Å². The van der Waals surface area contributed by atoms with Crippen LogP contribution in [0.5, 0.6) is 11.5 Å². The minimum Gasteiger partial charge on any atom is -0.507 e. The van der Waals surface area contributed by atoms with Crippen molar-refractivity contribution in [3.8, 4) is 22.8 Å². The fourth-order valence-corrected chi connectivity index (χ4v) is 4.40. The van der Waals surface area contributed by atoms with E-state index in [-0.39, 0.29) is 23.8 Å². The number of aromatic amines is 1. The van der Waals surface area contributed by atoms with Crippen molar-refractivity contribution in [3.63, 3.8) is 0 Å². The van der Waals surface area contributed by atoms with Crippen LogP contribution in [0, 0.1) is 0 Å². The lowest BCUT2D eigenvalue weighted by Gasteiger charge is -2.27. The number of hydrogen-bond donors (Lipinski definition) is 2. The van der Waals surface area contributed by atoms with Gasteiger partial charge in [0.15, 0.2) is 0 Å². The molecule has 2 aromatic carbocycles. The Kier molecular flexibility index (Phi) is 7.44. The van der Waals surface area contributed by atoms with Gasteiger partial charge in [-0.3, -0.25) is 9.89 Å². The number of ether oxygens (including phenoxy) is 2. The maximum atomic E-state index is 13.5. The van der Waals surface area contributed by atoms with Gasteiger partial charge < -0.3 is 19.5 Å². The molecule has 2 heterocycles. The molecule has 0 radical (unpaired) electrons. The first-order chi connectivity index (χ1) is 16.4. The van der Waals surface area contributed by atoms with E-state index >= 15 is 0 Å². The number of phenols is 1. The molecule has 0 aliphatic carbocycles. The Morgan fingerprint density at radius 2 is 2.03 bits per heavy atom. The Balaban J connectivity index is 1.76. The average molecular weight is 484 g/mol. The molecule has 7 nitrogen and oxygen atoms in total. The number of halogens is 1. The number of hydrogen-bond acceptors (Lipinski definition) is 5. The zero-order chi connectivity index (χ0) is 24.2. The third-order valence-electron chi connectivity index (χ3n) is 5.72. The van der Waals surface area contributed by atoms with Crippen LogP contribution in [0.15, 0.2) is 42.5 Å². The standard InChI is InChI=1S/C26H30ClN3O4/c1-4-12-34-19-8-5-7-17(14-19)25-22-23(20-15-18(27)9-10-21(20)31)28-29-24(22)26(32)30(25)11-6-13-33-16(2)3/h5,7-10,14-16,25,31H,4,6,11-13H2,1-3H3,(H,28,29). The van der Waals surface area contributed by atoms with Crippen molar-refractivity contribution in [2.45, 2.75) is 45.8 Å². The molecule has 1 aliphatic rings. The summed E-state index contributed by atoms with van der Waals surface area (Å²) in [5.74, 6) is 0.664. The summed E-state index contributed by atoms with van der Waals surface area (Å²) in [6.07, 6.45) is 1.73. The van der Waals surface area contributed by atoms with Gasteiger partial charge in [-0.05, 0) is 62.6 Å². The quantitative estimate of drug-likeness (QED) is 0.367. The summed E-state index contributed by atoms with van der Waals surface area (Å²) in [4.78, 5) is 15.3. The van der Waals surface area contributed by atoms with Gasteiger partial charge in [-0.15, -0.1) is 0 Å². The SMILES string of the molecule is CCCOc1cccc(C2c3c(-c4cc(Cl)ccc4O)n[nH]c3C(=O)N2CCCOC(C)C)c1. The number of carbonyl (C=O) groups excluding carboxylic acids is 1. The molecule has 34 heavy (non-hydrogen) atoms. The van der Waals surface area contributed by atoms with Crippen molar-refractivity contribution >= 4 is 17.5 Å². The number of nitrogens with one attached hydrogen (secondary N) is 1. The van der Waals surface area contributed by atoms with Crippen molar-refractivity contribution in [3.05, 3.63) is 64.3 Å². The number of aromatic nitrogens is 2.